The maximum Gasteiger partial charge on any atom is 0.339 e. The number of anilines is 3. The first-order valence-electron chi connectivity index (χ1n) is 14.5. The van der Waals surface area contributed by atoms with Crippen molar-refractivity contribution < 1.29 is 24.2 Å². The molecule has 2 N–H and O–H groups in total. The van der Waals surface area contributed by atoms with Crippen molar-refractivity contribution in [3.05, 3.63) is 107 Å². The molecule has 1 fully saturated rings. The number of nitrogens with zero attached hydrogens (tertiary/aromatic N) is 2. The van der Waals surface area contributed by atoms with Crippen molar-refractivity contribution in [2.45, 2.75) is 32.6 Å². The molecule has 0 saturated carbocycles. The second kappa shape index (κ2) is 13.7. The molecule has 44 heavy (non-hydrogen) atoms. The van der Waals surface area contributed by atoms with E-state index in [0.717, 1.165) is 49.2 Å². The van der Waals surface area contributed by atoms with Crippen molar-refractivity contribution >= 4 is 46.3 Å². The maximum absolute atomic E-state index is 14.2. The van der Waals surface area contributed by atoms with E-state index in [0.29, 0.717) is 22.5 Å². The number of hydrogen-bond donors (Lipinski definition) is 2. The number of halogens is 1. The van der Waals surface area contributed by atoms with Crippen LogP contribution in [0.3, 0.4) is 0 Å². The molecule has 1 aliphatic rings. The number of nitrogens with one attached hydrogen (secondary N) is 1. The minimum Gasteiger partial charge on any atom is -0.496 e. The number of carbonyl (C=O) groups excluding carboxylic acids is 2. The number of para-hydroxylation sites is 2. The van der Waals surface area contributed by atoms with Gasteiger partial charge in [0, 0.05) is 23.7 Å². The van der Waals surface area contributed by atoms with Crippen LogP contribution in [0.5, 0.6) is 5.75 Å². The quantitative estimate of drug-likeness (QED) is 0.141. The van der Waals surface area contributed by atoms with Crippen LogP contribution < -0.4 is 20.1 Å². The highest BCUT2D eigenvalue weighted by Gasteiger charge is 2.26. The molecule has 0 bridgehead atoms. The summed E-state index contributed by atoms with van der Waals surface area (Å²) in [6.07, 6.45) is 3.10. The zero-order valence-corrected chi connectivity index (χ0v) is 25.4. The monoisotopic (exact) mass is 611 g/mol. The topological polar surface area (TPSA) is 99.2 Å². The summed E-state index contributed by atoms with van der Waals surface area (Å²) < 4.78 is 5.29. The third kappa shape index (κ3) is 6.71. The summed E-state index contributed by atoms with van der Waals surface area (Å²) in [5.74, 6) is -1.59. The molecule has 1 aliphatic heterocycles. The number of ketones is 1. The van der Waals surface area contributed by atoms with E-state index in [1.54, 1.807) is 6.07 Å². The summed E-state index contributed by atoms with van der Waals surface area (Å²) >= 11 is 6.49. The van der Waals surface area contributed by atoms with Gasteiger partial charge < -0.3 is 14.7 Å². The molecule has 5 rings (SSSR count). The Morgan fingerprint density at radius 3 is 2.27 bits per heavy atom. The van der Waals surface area contributed by atoms with Crippen LogP contribution in [0.1, 0.15) is 52.5 Å². The molecule has 4 aromatic carbocycles. The SMILES string of the molecule is COc1cc(CC(=O)N(Nc2ccc(-c3ccccc3)cc2C(C)=O)c2ccccc2N2CCCCC2)c(Cl)cc1C(=O)O. The average Bonchev–Trinajstić information content (AvgIpc) is 3.05. The van der Waals surface area contributed by atoms with Gasteiger partial charge in [0.15, 0.2) is 5.78 Å². The van der Waals surface area contributed by atoms with Gasteiger partial charge in [0.1, 0.15) is 11.3 Å². The Hall–Kier alpha value is -4.82. The number of Topliss-reactive ketones (excluding diaryl/α,β-unsaturated/α-hetero) is 1. The number of rotatable bonds is 10. The van der Waals surface area contributed by atoms with Crippen LogP contribution in [0, 0.1) is 0 Å². The standard InChI is InChI=1S/C35H34ClN3O5/c1-23(40)27-19-25(24-11-5-3-6-12-24)15-16-30(27)37-39(32-14-8-7-13-31(32)38-17-9-4-10-18-38)34(41)21-26-20-33(44-2)28(35(42)43)22-29(26)36/h3,5-8,11-16,19-20,22,37H,4,9-10,17-18,21H2,1-2H3,(H,42,43). The molecule has 0 aromatic heterocycles. The maximum atomic E-state index is 14.2. The van der Waals surface area contributed by atoms with Gasteiger partial charge in [-0.05, 0) is 79.3 Å². The molecule has 0 spiro atoms. The third-order valence-corrected chi connectivity index (χ3v) is 8.10. The number of amides is 1. The lowest BCUT2D eigenvalue weighted by atomic mass is 10.00. The fourth-order valence-electron chi connectivity index (χ4n) is 5.48. The third-order valence-electron chi connectivity index (χ3n) is 7.75. The highest BCUT2D eigenvalue weighted by molar-refractivity contribution is 6.32. The highest BCUT2D eigenvalue weighted by atomic mass is 35.5. The number of benzene rings is 4. The van der Waals surface area contributed by atoms with Gasteiger partial charge in [-0.1, -0.05) is 60.1 Å². The molecule has 8 nitrogen and oxygen atoms in total. The Morgan fingerprint density at radius 2 is 1.59 bits per heavy atom. The summed E-state index contributed by atoms with van der Waals surface area (Å²) in [5, 5.41) is 11.2. The van der Waals surface area contributed by atoms with E-state index in [1.807, 2.05) is 66.7 Å². The molecule has 1 amide bonds. The predicted molar refractivity (Wildman–Crippen MR) is 174 cm³/mol. The minimum atomic E-state index is -1.18. The van der Waals surface area contributed by atoms with Crippen LogP contribution in [0.25, 0.3) is 11.1 Å². The smallest absolute Gasteiger partial charge is 0.339 e. The van der Waals surface area contributed by atoms with Crippen molar-refractivity contribution in [3.63, 3.8) is 0 Å². The molecule has 0 radical (unpaired) electrons. The van der Waals surface area contributed by atoms with Crippen molar-refractivity contribution in [2.75, 3.05) is 35.5 Å². The molecular formula is C35H34ClN3O5. The van der Waals surface area contributed by atoms with Gasteiger partial charge in [0.05, 0.1) is 30.6 Å². The van der Waals surface area contributed by atoms with E-state index in [-0.39, 0.29) is 34.4 Å². The van der Waals surface area contributed by atoms with Crippen LogP contribution in [0.4, 0.5) is 17.1 Å². The number of aromatic carboxylic acids is 1. The second-order valence-corrected chi connectivity index (χ2v) is 11.1. The number of carbonyl (C=O) groups is 3. The van der Waals surface area contributed by atoms with Gasteiger partial charge >= 0.3 is 5.97 Å². The Labute approximate surface area is 261 Å². The van der Waals surface area contributed by atoms with Gasteiger partial charge in [-0.2, -0.15) is 0 Å². The highest BCUT2D eigenvalue weighted by Crippen LogP contribution is 2.35. The summed E-state index contributed by atoms with van der Waals surface area (Å²) in [6.45, 7) is 3.23. The van der Waals surface area contributed by atoms with Crippen LogP contribution in [0.2, 0.25) is 5.02 Å². The molecule has 4 aromatic rings. The van der Waals surface area contributed by atoms with E-state index in [2.05, 4.69) is 10.3 Å². The molecular weight excluding hydrogens is 578 g/mol. The number of carboxylic acid groups (broad SMARTS) is 1. The van der Waals surface area contributed by atoms with Crippen LogP contribution in [0.15, 0.2) is 84.9 Å². The van der Waals surface area contributed by atoms with Gasteiger partial charge in [-0.3, -0.25) is 15.0 Å². The zero-order chi connectivity index (χ0) is 31.2. The van der Waals surface area contributed by atoms with E-state index in [9.17, 15) is 19.5 Å². The number of methoxy groups -OCH3 is 1. The number of hydrazine groups is 1. The first-order chi connectivity index (χ1) is 21.3. The van der Waals surface area contributed by atoms with E-state index in [1.165, 1.54) is 31.2 Å². The lowest BCUT2D eigenvalue weighted by molar-refractivity contribution is -0.117. The molecule has 1 heterocycles. The Bertz CT molecular complexity index is 1690. The molecule has 0 atom stereocenters. The van der Waals surface area contributed by atoms with Crippen molar-refractivity contribution in [3.8, 4) is 16.9 Å². The summed E-state index contributed by atoms with van der Waals surface area (Å²) in [4.78, 5) is 41.1. The minimum absolute atomic E-state index is 0.0938. The van der Waals surface area contributed by atoms with Gasteiger partial charge in [-0.25, -0.2) is 9.80 Å². The molecule has 1 saturated heterocycles. The molecule has 0 aliphatic carbocycles. The predicted octanol–water partition coefficient (Wildman–Crippen LogP) is 7.51. The molecule has 9 heteroatoms. The zero-order valence-electron chi connectivity index (χ0n) is 24.7. The second-order valence-electron chi connectivity index (χ2n) is 10.7. The van der Waals surface area contributed by atoms with Gasteiger partial charge in [-0.15, -0.1) is 0 Å². The van der Waals surface area contributed by atoms with Crippen molar-refractivity contribution in [2.24, 2.45) is 0 Å². The molecule has 226 valence electrons. The lowest BCUT2D eigenvalue weighted by Gasteiger charge is -2.34. The Morgan fingerprint density at radius 1 is 0.886 bits per heavy atom. The number of carboxylic acids is 1. The van der Waals surface area contributed by atoms with Crippen LogP contribution in [-0.2, 0) is 11.2 Å². The average molecular weight is 612 g/mol. The van der Waals surface area contributed by atoms with Gasteiger partial charge in [0.25, 0.3) is 0 Å². The first-order valence-corrected chi connectivity index (χ1v) is 14.9. The number of hydrogen-bond acceptors (Lipinski definition) is 6. The number of ether oxygens (including phenoxy) is 1. The van der Waals surface area contributed by atoms with Gasteiger partial charge in [0.2, 0.25) is 5.91 Å². The summed E-state index contributed by atoms with van der Waals surface area (Å²) in [5.41, 5.74) is 7.87. The molecule has 0 unspecified atom stereocenters. The normalized spacial score (nSPS) is 12.8. The fraction of sp³-hybridized carbons (Fsp3) is 0.229. The van der Waals surface area contributed by atoms with E-state index in [4.69, 9.17) is 16.3 Å². The van der Waals surface area contributed by atoms with E-state index >= 15 is 0 Å². The number of piperidine rings is 1. The summed E-state index contributed by atoms with van der Waals surface area (Å²) in [6, 6.07) is 25.8. The lowest BCUT2D eigenvalue weighted by Crippen LogP contribution is -2.40. The Kier molecular flexibility index (Phi) is 9.50. The van der Waals surface area contributed by atoms with Crippen LogP contribution >= 0.6 is 11.6 Å². The largest absolute Gasteiger partial charge is 0.496 e. The first kappa shape index (κ1) is 30.6. The summed E-state index contributed by atoms with van der Waals surface area (Å²) in [7, 11) is 1.37. The van der Waals surface area contributed by atoms with E-state index < -0.39 is 5.97 Å². The van der Waals surface area contributed by atoms with Crippen molar-refractivity contribution in [1.82, 2.24) is 0 Å². The Balaban J connectivity index is 1.57. The van der Waals surface area contributed by atoms with Crippen molar-refractivity contribution in [1.29, 1.82) is 0 Å². The van der Waals surface area contributed by atoms with Crippen LogP contribution in [-0.4, -0.2) is 43.0 Å². The fourth-order valence-corrected chi connectivity index (χ4v) is 5.72.